The Hall–Kier alpha value is -1.90. The van der Waals surface area contributed by atoms with Gasteiger partial charge in [-0.15, -0.1) is 0 Å². The Labute approximate surface area is 189 Å². The van der Waals surface area contributed by atoms with Crippen molar-refractivity contribution < 1.29 is 9.53 Å². The van der Waals surface area contributed by atoms with Crippen LogP contribution in [0.5, 0.6) is 0 Å². The monoisotopic (exact) mass is 423 g/mol. The summed E-state index contributed by atoms with van der Waals surface area (Å²) in [6.45, 7) is 10.4. The molecular formula is C28H41NO2. The Bertz CT molecular complexity index is 796. The van der Waals surface area contributed by atoms with Gasteiger partial charge in [-0.25, -0.2) is 0 Å². The number of ether oxygens (including phenoxy) is 1. The number of aromatic nitrogens is 1. The maximum atomic E-state index is 11.4. The molecule has 5 atom stereocenters. The Balaban J connectivity index is 0.00000132. The number of carbonyl (C=O) groups excluding carboxylic acids is 1. The molecule has 170 valence electrons. The largest absolute Gasteiger partial charge is 0.462 e. The van der Waals surface area contributed by atoms with Gasteiger partial charge in [-0.3, -0.25) is 9.78 Å². The van der Waals surface area contributed by atoms with Crippen LogP contribution in [0.1, 0.15) is 91.5 Å². The lowest BCUT2D eigenvalue weighted by Gasteiger charge is -2.51. The average molecular weight is 424 g/mol. The number of fused-ring (bicyclic) bond motifs is 3. The van der Waals surface area contributed by atoms with E-state index in [1.165, 1.54) is 43.7 Å². The predicted molar refractivity (Wildman–Crippen MR) is 128 cm³/mol. The van der Waals surface area contributed by atoms with Crippen molar-refractivity contribution in [2.45, 2.75) is 92.1 Å². The van der Waals surface area contributed by atoms with E-state index in [9.17, 15) is 4.79 Å². The van der Waals surface area contributed by atoms with Crippen LogP contribution in [-0.4, -0.2) is 17.1 Å². The summed E-state index contributed by atoms with van der Waals surface area (Å²) in [5.41, 5.74) is 4.60. The second-order valence-electron chi connectivity index (χ2n) is 9.68. The van der Waals surface area contributed by atoms with E-state index in [-0.39, 0.29) is 17.5 Å². The minimum atomic E-state index is -0.141. The fraction of sp³-hybridized carbons (Fsp3) is 0.643. The molecule has 0 saturated heterocycles. The van der Waals surface area contributed by atoms with Crippen LogP contribution >= 0.6 is 0 Å². The number of allylic oxidation sites excluding steroid dienone is 3. The Morgan fingerprint density at radius 3 is 2.68 bits per heavy atom. The standard InChI is InChI=1S/C26H35NO2.C2H6/c1-18-9-12-25-20(6-4-8-24(18)21-7-5-15-27-17-21)10-11-22-16-23(29-19(2)28)13-14-26(22,25)3;1-2/h5,7-8,11,15,17-18,20,23,25H,4,6,9-10,12-14,16H2,1-3H3;1-2H3/b24-8+;. The molecule has 0 spiro atoms. The van der Waals surface area contributed by atoms with E-state index in [1.54, 1.807) is 5.57 Å². The molecule has 1 aromatic rings. The van der Waals surface area contributed by atoms with E-state index in [1.807, 2.05) is 32.3 Å². The van der Waals surface area contributed by atoms with Crippen molar-refractivity contribution in [3.8, 4) is 0 Å². The second kappa shape index (κ2) is 10.6. The highest BCUT2D eigenvalue weighted by molar-refractivity contribution is 5.66. The van der Waals surface area contributed by atoms with Crippen LogP contribution in [0.15, 0.2) is 42.3 Å². The summed E-state index contributed by atoms with van der Waals surface area (Å²) in [5.74, 6) is 1.93. The number of hydrogen-bond acceptors (Lipinski definition) is 3. The lowest BCUT2D eigenvalue weighted by atomic mass is 9.55. The maximum Gasteiger partial charge on any atom is 0.302 e. The maximum absolute atomic E-state index is 11.4. The third kappa shape index (κ3) is 5.30. The van der Waals surface area contributed by atoms with E-state index in [2.05, 4.69) is 37.0 Å². The van der Waals surface area contributed by atoms with Crippen molar-refractivity contribution in [1.82, 2.24) is 4.98 Å². The molecule has 1 fully saturated rings. The number of hydrogen-bond donors (Lipinski definition) is 0. The first kappa shape index (κ1) is 23.8. The number of carbonyl (C=O) groups is 1. The first-order chi connectivity index (χ1) is 15.0. The quantitative estimate of drug-likeness (QED) is 0.368. The van der Waals surface area contributed by atoms with Crippen molar-refractivity contribution in [1.29, 1.82) is 0 Å². The van der Waals surface area contributed by atoms with Crippen molar-refractivity contribution in [3.05, 3.63) is 47.8 Å². The Morgan fingerprint density at radius 1 is 1.16 bits per heavy atom. The zero-order valence-electron chi connectivity index (χ0n) is 20.2. The molecular weight excluding hydrogens is 382 g/mol. The van der Waals surface area contributed by atoms with Gasteiger partial charge in [-0.1, -0.05) is 51.5 Å². The van der Waals surface area contributed by atoms with E-state index in [4.69, 9.17) is 4.74 Å². The predicted octanol–water partition coefficient (Wildman–Crippen LogP) is 7.39. The van der Waals surface area contributed by atoms with Crippen molar-refractivity contribution in [3.63, 3.8) is 0 Å². The summed E-state index contributed by atoms with van der Waals surface area (Å²) >= 11 is 0. The molecule has 0 radical (unpaired) electrons. The molecule has 1 aromatic heterocycles. The van der Waals surface area contributed by atoms with Crippen molar-refractivity contribution in [2.75, 3.05) is 0 Å². The van der Waals surface area contributed by atoms with Crippen LogP contribution in [0, 0.1) is 23.2 Å². The average Bonchev–Trinajstić information content (AvgIpc) is 2.85. The third-order valence-electron chi connectivity index (χ3n) is 7.89. The van der Waals surface area contributed by atoms with Crippen LogP contribution in [0.25, 0.3) is 5.57 Å². The molecule has 1 heterocycles. The molecule has 0 aliphatic heterocycles. The van der Waals surface area contributed by atoms with Gasteiger partial charge in [0.1, 0.15) is 6.10 Å². The number of esters is 1. The van der Waals surface area contributed by atoms with Gasteiger partial charge >= 0.3 is 5.97 Å². The van der Waals surface area contributed by atoms with E-state index >= 15 is 0 Å². The number of nitrogens with zero attached hydrogens (tertiary/aromatic N) is 1. The van der Waals surface area contributed by atoms with Gasteiger partial charge in [0.25, 0.3) is 0 Å². The lowest BCUT2D eigenvalue weighted by molar-refractivity contribution is -0.148. The molecule has 4 rings (SSSR count). The smallest absolute Gasteiger partial charge is 0.302 e. The van der Waals surface area contributed by atoms with Gasteiger partial charge in [0.05, 0.1) is 0 Å². The van der Waals surface area contributed by atoms with Gasteiger partial charge in [0.15, 0.2) is 0 Å². The summed E-state index contributed by atoms with van der Waals surface area (Å²) < 4.78 is 5.57. The molecule has 0 bridgehead atoms. The van der Waals surface area contributed by atoms with Gasteiger partial charge in [0.2, 0.25) is 0 Å². The summed E-state index contributed by atoms with van der Waals surface area (Å²) in [4.78, 5) is 15.8. The van der Waals surface area contributed by atoms with Crippen LogP contribution in [0.2, 0.25) is 0 Å². The molecule has 0 N–H and O–H groups in total. The van der Waals surface area contributed by atoms with Crippen molar-refractivity contribution in [2.24, 2.45) is 23.2 Å². The minimum Gasteiger partial charge on any atom is -0.462 e. The highest BCUT2D eigenvalue weighted by Crippen LogP contribution is 2.56. The summed E-state index contributed by atoms with van der Waals surface area (Å²) in [5, 5.41) is 0. The topological polar surface area (TPSA) is 39.2 Å². The SMILES string of the molecule is CC.CC(=O)OC1CCC2(C)C(=CCC3CC/C=C(/c4cccnc4)C(C)CCC32)C1. The third-order valence-corrected chi connectivity index (χ3v) is 7.89. The second-order valence-corrected chi connectivity index (χ2v) is 9.68. The van der Waals surface area contributed by atoms with Gasteiger partial charge in [0, 0.05) is 25.7 Å². The van der Waals surface area contributed by atoms with Crippen molar-refractivity contribution >= 4 is 11.5 Å². The molecule has 3 nitrogen and oxygen atoms in total. The van der Waals surface area contributed by atoms with Crippen LogP contribution in [0.4, 0.5) is 0 Å². The molecule has 1 saturated carbocycles. The van der Waals surface area contributed by atoms with Gasteiger partial charge < -0.3 is 4.74 Å². The van der Waals surface area contributed by atoms with E-state index in [0.29, 0.717) is 5.92 Å². The normalized spacial score (nSPS) is 34.6. The van der Waals surface area contributed by atoms with Crippen LogP contribution < -0.4 is 0 Å². The summed E-state index contributed by atoms with van der Waals surface area (Å²) in [6.07, 6.45) is 18.2. The zero-order chi connectivity index (χ0) is 22.4. The van der Waals surface area contributed by atoms with Crippen LogP contribution in [-0.2, 0) is 9.53 Å². The van der Waals surface area contributed by atoms with E-state index in [0.717, 1.165) is 37.5 Å². The molecule has 5 unspecified atom stereocenters. The summed E-state index contributed by atoms with van der Waals surface area (Å²) in [6, 6.07) is 4.26. The van der Waals surface area contributed by atoms with Gasteiger partial charge in [-0.2, -0.15) is 0 Å². The number of rotatable bonds is 2. The fourth-order valence-electron chi connectivity index (χ4n) is 6.30. The zero-order valence-corrected chi connectivity index (χ0v) is 20.2. The molecule has 0 aromatic carbocycles. The summed E-state index contributed by atoms with van der Waals surface area (Å²) in [7, 11) is 0. The Kier molecular flexibility index (Phi) is 8.13. The van der Waals surface area contributed by atoms with Crippen LogP contribution in [0.3, 0.4) is 0 Å². The molecule has 31 heavy (non-hydrogen) atoms. The Morgan fingerprint density at radius 2 is 1.97 bits per heavy atom. The molecule has 3 heteroatoms. The highest BCUT2D eigenvalue weighted by atomic mass is 16.5. The highest BCUT2D eigenvalue weighted by Gasteiger charge is 2.47. The van der Waals surface area contributed by atoms with E-state index < -0.39 is 0 Å². The fourth-order valence-corrected chi connectivity index (χ4v) is 6.30. The van der Waals surface area contributed by atoms with Gasteiger partial charge in [-0.05, 0) is 85.3 Å². The molecule has 0 amide bonds. The lowest BCUT2D eigenvalue weighted by Crippen LogP contribution is -2.43. The first-order valence-corrected chi connectivity index (χ1v) is 12.4. The number of pyridine rings is 1. The first-order valence-electron chi connectivity index (χ1n) is 12.4. The molecule has 3 aliphatic carbocycles. The molecule has 3 aliphatic rings. The minimum absolute atomic E-state index is 0.0810.